The van der Waals surface area contributed by atoms with E-state index in [9.17, 15) is 14.4 Å². The average molecular weight is 417 g/mol. The number of benzene rings is 2. The van der Waals surface area contributed by atoms with Crippen molar-refractivity contribution in [3.05, 3.63) is 72.6 Å². The van der Waals surface area contributed by atoms with E-state index in [1.807, 2.05) is 18.2 Å². The maximum Gasteiger partial charge on any atom is 0.271 e. The van der Waals surface area contributed by atoms with Crippen molar-refractivity contribution in [3.8, 4) is 5.69 Å². The molecule has 0 fully saturated rings. The van der Waals surface area contributed by atoms with Crippen molar-refractivity contribution in [2.45, 2.75) is 12.5 Å². The Hall–Kier alpha value is -4.47. The quantitative estimate of drug-likeness (QED) is 0.548. The van der Waals surface area contributed by atoms with E-state index >= 15 is 0 Å². The van der Waals surface area contributed by atoms with E-state index in [0.717, 1.165) is 0 Å². The second kappa shape index (κ2) is 8.11. The molecule has 0 aliphatic carbocycles. The average Bonchev–Trinajstić information content (AvgIpc) is 3.43. The van der Waals surface area contributed by atoms with Crippen molar-refractivity contribution in [1.82, 2.24) is 9.78 Å². The molecule has 0 saturated carbocycles. The minimum Gasteiger partial charge on any atom is -0.368 e. The topological polar surface area (TPSA) is 149 Å². The summed E-state index contributed by atoms with van der Waals surface area (Å²) in [5, 5.41) is 12.6. The van der Waals surface area contributed by atoms with E-state index in [1.165, 1.54) is 15.8 Å². The van der Waals surface area contributed by atoms with Crippen LogP contribution in [0.2, 0.25) is 0 Å². The number of rotatable bonds is 6. The van der Waals surface area contributed by atoms with E-state index in [1.54, 1.807) is 42.6 Å². The lowest BCUT2D eigenvalue weighted by molar-refractivity contribution is -0.119. The number of nitrogens with two attached hydrogens (primary N) is 2. The number of carbonyl (C=O) groups excluding carboxylic acids is 3. The first-order valence-corrected chi connectivity index (χ1v) is 9.41. The van der Waals surface area contributed by atoms with Gasteiger partial charge in [-0.2, -0.15) is 10.2 Å². The van der Waals surface area contributed by atoms with Crippen LogP contribution in [0, 0.1) is 0 Å². The Bertz CT molecular complexity index is 1170. The highest BCUT2D eigenvalue weighted by molar-refractivity contribution is 6.44. The van der Waals surface area contributed by atoms with Crippen molar-refractivity contribution in [3.63, 3.8) is 0 Å². The van der Waals surface area contributed by atoms with Gasteiger partial charge in [-0.05, 0) is 42.5 Å². The molecule has 3 aromatic rings. The van der Waals surface area contributed by atoms with Gasteiger partial charge in [0.25, 0.3) is 11.8 Å². The molecule has 1 aromatic heterocycles. The number of hydrazone groups is 1. The van der Waals surface area contributed by atoms with Gasteiger partial charge in [-0.15, -0.1) is 0 Å². The molecular formula is C21H19N7O3. The zero-order chi connectivity index (χ0) is 22.0. The number of carbonyl (C=O) groups is 3. The molecule has 2 aromatic carbocycles. The Morgan fingerprint density at radius 3 is 2.26 bits per heavy atom. The van der Waals surface area contributed by atoms with Crippen molar-refractivity contribution in [2.24, 2.45) is 16.6 Å². The Balaban J connectivity index is 1.48. The van der Waals surface area contributed by atoms with Crippen LogP contribution in [0.4, 0.5) is 11.4 Å². The van der Waals surface area contributed by atoms with Gasteiger partial charge in [-0.25, -0.2) is 4.68 Å². The van der Waals surface area contributed by atoms with Crippen LogP contribution in [0.1, 0.15) is 16.9 Å². The Morgan fingerprint density at radius 1 is 0.935 bits per heavy atom. The summed E-state index contributed by atoms with van der Waals surface area (Å²) >= 11 is 0. The summed E-state index contributed by atoms with van der Waals surface area (Å²) in [5.74, 6) is -1.60. The first-order valence-electron chi connectivity index (χ1n) is 9.41. The number of hydrogen-bond donors (Lipinski definition) is 3. The van der Waals surface area contributed by atoms with Gasteiger partial charge in [0, 0.05) is 18.3 Å². The van der Waals surface area contributed by atoms with Crippen LogP contribution in [-0.2, 0) is 9.59 Å². The van der Waals surface area contributed by atoms with Gasteiger partial charge in [0.05, 0.1) is 11.4 Å². The van der Waals surface area contributed by atoms with Crippen molar-refractivity contribution >= 4 is 34.8 Å². The number of nitrogens with zero attached hydrogens (tertiary/aromatic N) is 4. The molecule has 2 heterocycles. The zero-order valence-electron chi connectivity index (χ0n) is 16.3. The lowest BCUT2D eigenvalue weighted by Gasteiger charge is -2.20. The number of nitrogens with one attached hydrogen (secondary N) is 1. The second-order valence-corrected chi connectivity index (χ2v) is 6.86. The predicted octanol–water partition coefficient (Wildman–Crippen LogP) is 1.03. The lowest BCUT2D eigenvalue weighted by Crippen LogP contribution is -2.39. The SMILES string of the molecule is NC(=O)c1ccn(-c2ccc(NC(=O)C3=NN(c4ccccc4)C(C(N)=O)C3)cc2)n1. The minimum atomic E-state index is -0.732. The monoisotopic (exact) mass is 417 g/mol. The molecule has 31 heavy (non-hydrogen) atoms. The molecule has 1 unspecified atom stereocenters. The molecule has 4 rings (SSSR count). The molecule has 0 bridgehead atoms. The Kier molecular flexibility index (Phi) is 5.19. The largest absolute Gasteiger partial charge is 0.368 e. The van der Waals surface area contributed by atoms with Gasteiger partial charge in [0.15, 0.2) is 0 Å². The molecule has 156 valence electrons. The molecule has 10 nitrogen and oxygen atoms in total. The summed E-state index contributed by atoms with van der Waals surface area (Å²) in [6.45, 7) is 0. The summed E-state index contributed by atoms with van der Waals surface area (Å²) in [6.07, 6.45) is 1.72. The Labute approximate surface area is 177 Å². The third-order valence-corrected chi connectivity index (χ3v) is 4.75. The van der Waals surface area contributed by atoms with Gasteiger partial charge in [0.2, 0.25) is 5.91 Å². The molecular weight excluding hydrogens is 398 g/mol. The summed E-state index contributed by atoms with van der Waals surface area (Å²) in [7, 11) is 0. The molecule has 1 aliphatic rings. The summed E-state index contributed by atoms with van der Waals surface area (Å²) in [4.78, 5) is 35.8. The van der Waals surface area contributed by atoms with Crippen LogP contribution in [0.25, 0.3) is 5.69 Å². The van der Waals surface area contributed by atoms with E-state index in [0.29, 0.717) is 17.1 Å². The van der Waals surface area contributed by atoms with Gasteiger partial charge in [0.1, 0.15) is 17.4 Å². The second-order valence-electron chi connectivity index (χ2n) is 6.86. The van der Waals surface area contributed by atoms with Crippen molar-refractivity contribution in [1.29, 1.82) is 0 Å². The van der Waals surface area contributed by atoms with Gasteiger partial charge in [-0.1, -0.05) is 18.2 Å². The summed E-state index contributed by atoms with van der Waals surface area (Å²) in [6, 6.07) is 16.7. The van der Waals surface area contributed by atoms with Crippen LogP contribution in [0.15, 0.2) is 72.0 Å². The summed E-state index contributed by atoms with van der Waals surface area (Å²) in [5.41, 5.74) is 13.0. The maximum atomic E-state index is 12.7. The smallest absolute Gasteiger partial charge is 0.271 e. The molecule has 0 spiro atoms. The van der Waals surface area contributed by atoms with Crippen LogP contribution >= 0.6 is 0 Å². The predicted molar refractivity (Wildman–Crippen MR) is 115 cm³/mol. The number of aromatic nitrogens is 2. The van der Waals surface area contributed by atoms with Gasteiger partial charge >= 0.3 is 0 Å². The highest BCUT2D eigenvalue weighted by Gasteiger charge is 2.34. The zero-order valence-corrected chi connectivity index (χ0v) is 16.3. The fraction of sp³-hybridized carbons (Fsp3) is 0.0952. The third-order valence-electron chi connectivity index (χ3n) is 4.75. The maximum absolute atomic E-state index is 12.7. The molecule has 1 atom stereocenters. The van der Waals surface area contributed by atoms with E-state index < -0.39 is 23.8 Å². The van der Waals surface area contributed by atoms with Crippen LogP contribution in [0.3, 0.4) is 0 Å². The molecule has 3 amide bonds. The minimum absolute atomic E-state index is 0.108. The lowest BCUT2D eigenvalue weighted by atomic mass is 10.1. The van der Waals surface area contributed by atoms with Crippen molar-refractivity contribution < 1.29 is 14.4 Å². The number of para-hydroxylation sites is 1. The molecule has 0 radical (unpaired) electrons. The van der Waals surface area contributed by atoms with E-state index in [4.69, 9.17) is 11.5 Å². The van der Waals surface area contributed by atoms with Crippen LogP contribution < -0.4 is 21.8 Å². The number of hydrogen-bond acceptors (Lipinski definition) is 6. The first kappa shape index (κ1) is 19.8. The number of anilines is 2. The molecule has 5 N–H and O–H groups in total. The van der Waals surface area contributed by atoms with Gasteiger partial charge in [-0.3, -0.25) is 19.4 Å². The number of amides is 3. The molecule has 10 heteroatoms. The van der Waals surface area contributed by atoms with E-state index in [2.05, 4.69) is 15.5 Å². The third kappa shape index (κ3) is 4.13. The highest BCUT2D eigenvalue weighted by atomic mass is 16.2. The first-order chi connectivity index (χ1) is 14.9. The normalized spacial score (nSPS) is 15.4. The van der Waals surface area contributed by atoms with Crippen molar-refractivity contribution in [2.75, 3.05) is 10.3 Å². The fourth-order valence-corrected chi connectivity index (χ4v) is 3.19. The molecule has 1 aliphatic heterocycles. The molecule has 0 saturated heterocycles. The van der Waals surface area contributed by atoms with Gasteiger partial charge < -0.3 is 16.8 Å². The summed E-state index contributed by atoms with van der Waals surface area (Å²) < 4.78 is 1.50. The number of primary amides is 2. The standard InChI is InChI=1S/C21H19N7O3/c22-19(29)16-10-11-27(25-16)14-8-6-13(7-9-14)24-21(31)17-12-18(20(23)30)28(26-17)15-4-2-1-3-5-15/h1-11,18H,12H2,(H2,22,29)(H2,23,30)(H,24,31). The fourth-order valence-electron chi connectivity index (χ4n) is 3.19. The Morgan fingerprint density at radius 2 is 1.65 bits per heavy atom. The van der Waals surface area contributed by atoms with Crippen LogP contribution in [0.5, 0.6) is 0 Å². The van der Waals surface area contributed by atoms with Crippen LogP contribution in [-0.4, -0.2) is 39.3 Å². The highest BCUT2D eigenvalue weighted by Crippen LogP contribution is 2.25. The van der Waals surface area contributed by atoms with E-state index in [-0.39, 0.29) is 17.8 Å².